The summed E-state index contributed by atoms with van der Waals surface area (Å²) in [7, 11) is 0. The van der Waals surface area contributed by atoms with Crippen molar-refractivity contribution in [1.29, 1.82) is 5.26 Å². The lowest BCUT2D eigenvalue weighted by Gasteiger charge is -2.31. The number of hydrogen-bond acceptors (Lipinski definition) is 2. The van der Waals surface area contributed by atoms with Gasteiger partial charge in [-0.1, -0.05) is 24.3 Å². The molecular formula is C15H14N2O. The van der Waals surface area contributed by atoms with Crippen molar-refractivity contribution in [2.24, 2.45) is 0 Å². The first-order chi connectivity index (χ1) is 8.74. The molecule has 0 bridgehead atoms. The standard InChI is InChI=1S/C15H14N2O/c1-15(8-4-5-9-18-15)17-11-12(10-16)13-6-2-3-7-14(13)17/h2-4,6-8,11H,5,9H2,1H3/t15-/m0/s1. The molecule has 1 aliphatic rings. The highest BCUT2D eigenvalue weighted by atomic mass is 16.5. The van der Waals surface area contributed by atoms with Gasteiger partial charge in [0.1, 0.15) is 6.07 Å². The first-order valence-corrected chi connectivity index (χ1v) is 6.07. The molecule has 1 aromatic carbocycles. The van der Waals surface area contributed by atoms with E-state index in [-0.39, 0.29) is 0 Å². The minimum Gasteiger partial charge on any atom is -0.352 e. The van der Waals surface area contributed by atoms with Gasteiger partial charge in [0.15, 0.2) is 5.72 Å². The van der Waals surface area contributed by atoms with E-state index in [1.807, 2.05) is 42.0 Å². The molecule has 2 aromatic rings. The summed E-state index contributed by atoms with van der Waals surface area (Å²) in [6.07, 6.45) is 7.01. The Hall–Kier alpha value is -2.05. The number of nitrogens with zero attached hydrogens (tertiary/aromatic N) is 2. The predicted octanol–water partition coefficient (Wildman–Crippen LogP) is 3.16. The number of nitriles is 1. The molecule has 1 aromatic heterocycles. The van der Waals surface area contributed by atoms with Crippen molar-refractivity contribution >= 4 is 10.9 Å². The van der Waals surface area contributed by atoms with Crippen LogP contribution >= 0.6 is 0 Å². The molecule has 90 valence electrons. The molecular weight excluding hydrogens is 224 g/mol. The Kier molecular flexibility index (Phi) is 2.46. The lowest BCUT2D eigenvalue weighted by Crippen LogP contribution is -2.32. The van der Waals surface area contributed by atoms with Gasteiger partial charge in [-0.3, -0.25) is 0 Å². The summed E-state index contributed by atoms with van der Waals surface area (Å²) in [4.78, 5) is 0. The molecule has 3 nitrogen and oxygen atoms in total. The van der Waals surface area contributed by atoms with E-state index in [0.717, 1.165) is 17.3 Å². The normalized spacial score (nSPS) is 23.1. The SMILES string of the molecule is C[C@@]1(n2cc(C#N)c3ccccc32)C=CCCO1. The third-order valence-electron chi connectivity index (χ3n) is 3.42. The van der Waals surface area contributed by atoms with E-state index >= 15 is 0 Å². The summed E-state index contributed by atoms with van der Waals surface area (Å²) in [6, 6.07) is 10.2. The van der Waals surface area contributed by atoms with Crippen LogP contribution in [0.2, 0.25) is 0 Å². The third kappa shape index (κ3) is 1.54. The largest absolute Gasteiger partial charge is 0.352 e. The average molecular weight is 238 g/mol. The maximum absolute atomic E-state index is 9.21. The van der Waals surface area contributed by atoms with Crippen LogP contribution in [-0.4, -0.2) is 11.2 Å². The van der Waals surface area contributed by atoms with Gasteiger partial charge in [0, 0.05) is 11.6 Å². The van der Waals surface area contributed by atoms with Gasteiger partial charge in [-0.25, -0.2) is 0 Å². The van der Waals surface area contributed by atoms with Crippen molar-refractivity contribution in [2.75, 3.05) is 6.61 Å². The lowest BCUT2D eigenvalue weighted by atomic mass is 10.1. The van der Waals surface area contributed by atoms with Gasteiger partial charge >= 0.3 is 0 Å². The smallest absolute Gasteiger partial charge is 0.161 e. The summed E-state index contributed by atoms with van der Waals surface area (Å²) in [5, 5.41) is 10.2. The Morgan fingerprint density at radius 2 is 2.22 bits per heavy atom. The molecule has 1 atom stereocenters. The molecule has 0 radical (unpaired) electrons. The van der Waals surface area contributed by atoms with E-state index in [0.29, 0.717) is 12.2 Å². The lowest BCUT2D eigenvalue weighted by molar-refractivity contribution is -0.0557. The summed E-state index contributed by atoms with van der Waals surface area (Å²) < 4.78 is 7.92. The predicted molar refractivity (Wildman–Crippen MR) is 70.0 cm³/mol. The van der Waals surface area contributed by atoms with Gasteiger partial charge < -0.3 is 9.30 Å². The summed E-state index contributed by atoms with van der Waals surface area (Å²) >= 11 is 0. The molecule has 0 unspecified atom stereocenters. The molecule has 0 spiro atoms. The molecule has 1 aliphatic heterocycles. The second-order valence-corrected chi connectivity index (χ2v) is 4.64. The van der Waals surface area contributed by atoms with E-state index in [1.54, 1.807) is 0 Å². The number of rotatable bonds is 1. The molecule has 0 fully saturated rings. The highest BCUT2D eigenvalue weighted by Crippen LogP contribution is 2.31. The number of ether oxygens (including phenoxy) is 1. The number of hydrogen-bond donors (Lipinski definition) is 0. The Bertz CT molecular complexity index is 663. The maximum Gasteiger partial charge on any atom is 0.161 e. The molecule has 0 aliphatic carbocycles. The highest BCUT2D eigenvalue weighted by molar-refractivity contribution is 5.86. The van der Waals surface area contributed by atoms with Gasteiger partial charge in [-0.05, 0) is 25.5 Å². The zero-order chi connectivity index (χ0) is 12.6. The summed E-state index contributed by atoms with van der Waals surface area (Å²) in [5.74, 6) is 0. The van der Waals surface area contributed by atoms with Crippen LogP contribution in [0.15, 0.2) is 42.6 Å². The first kappa shape index (κ1) is 11.1. The Morgan fingerprint density at radius 1 is 1.39 bits per heavy atom. The van der Waals surface area contributed by atoms with E-state index in [4.69, 9.17) is 4.74 Å². The minimum atomic E-state index is -0.493. The number of aromatic nitrogens is 1. The third-order valence-corrected chi connectivity index (χ3v) is 3.42. The number of benzene rings is 1. The average Bonchev–Trinajstić information content (AvgIpc) is 2.79. The summed E-state index contributed by atoms with van der Waals surface area (Å²) in [5.41, 5.74) is 1.23. The van der Waals surface area contributed by atoms with Crippen LogP contribution in [0.4, 0.5) is 0 Å². The van der Waals surface area contributed by atoms with Crippen molar-refractivity contribution in [3.05, 3.63) is 48.2 Å². The fraction of sp³-hybridized carbons (Fsp3) is 0.267. The molecule has 3 rings (SSSR count). The molecule has 2 heterocycles. The zero-order valence-electron chi connectivity index (χ0n) is 10.3. The Morgan fingerprint density at radius 3 is 2.94 bits per heavy atom. The van der Waals surface area contributed by atoms with Crippen LogP contribution in [0.3, 0.4) is 0 Å². The second-order valence-electron chi connectivity index (χ2n) is 4.64. The van der Waals surface area contributed by atoms with Gasteiger partial charge in [0.2, 0.25) is 0 Å². The van der Waals surface area contributed by atoms with Crippen molar-refractivity contribution in [2.45, 2.75) is 19.1 Å². The first-order valence-electron chi connectivity index (χ1n) is 6.07. The fourth-order valence-electron chi connectivity index (χ4n) is 2.47. The van der Waals surface area contributed by atoms with Crippen molar-refractivity contribution < 1.29 is 4.74 Å². The van der Waals surface area contributed by atoms with Gasteiger partial charge in [0.25, 0.3) is 0 Å². The highest BCUT2D eigenvalue weighted by Gasteiger charge is 2.28. The number of fused-ring (bicyclic) bond motifs is 1. The van der Waals surface area contributed by atoms with Crippen LogP contribution in [0.25, 0.3) is 10.9 Å². The molecule has 3 heteroatoms. The van der Waals surface area contributed by atoms with Crippen LogP contribution in [0.1, 0.15) is 18.9 Å². The van der Waals surface area contributed by atoms with E-state index in [9.17, 15) is 5.26 Å². The van der Waals surface area contributed by atoms with E-state index < -0.39 is 5.72 Å². The van der Waals surface area contributed by atoms with Crippen molar-refractivity contribution in [3.8, 4) is 6.07 Å². The van der Waals surface area contributed by atoms with Crippen LogP contribution in [0, 0.1) is 11.3 Å². The maximum atomic E-state index is 9.21. The van der Waals surface area contributed by atoms with Crippen LogP contribution in [-0.2, 0) is 10.5 Å². The molecule has 0 N–H and O–H groups in total. The van der Waals surface area contributed by atoms with E-state index in [2.05, 4.69) is 18.2 Å². The van der Waals surface area contributed by atoms with Crippen molar-refractivity contribution in [1.82, 2.24) is 4.57 Å². The fourth-order valence-corrected chi connectivity index (χ4v) is 2.47. The number of para-hydroxylation sites is 1. The van der Waals surface area contributed by atoms with Gasteiger partial charge in [-0.15, -0.1) is 0 Å². The zero-order valence-corrected chi connectivity index (χ0v) is 10.3. The molecule has 0 amide bonds. The van der Waals surface area contributed by atoms with Gasteiger partial charge in [0.05, 0.1) is 17.7 Å². The molecule has 18 heavy (non-hydrogen) atoms. The molecule has 0 saturated carbocycles. The summed E-state index contributed by atoms with van der Waals surface area (Å²) in [6.45, 7) is 2.73. The Balaban J connectivity index is 2.27. The topological polar surface area (TPSA) is 38.0 Å². The molecule has 0 saturated heterocycles. The minimum absolute atomic E-state index is 0.493. The quantitative estimate of drug-likeness (QED) is 0.716. The Labute approximate surface area is 106 Å². The van der Waals surface area contributed by atoms with Crippen LogP contribution < -0.4 is 0 Å². The van der Waals surface area contributed by atoms with Crippen LogP contribution in [0.5, 0.6) is 0 Å². The monoisotopic (exact) mass is 238 g/mol. The van der Waals surface area contributed by atoms with E-state index in [1.165, 1.54) is 0 Å². The van der Waals surface area contributed by atoms with Crippen molar-refractivity contribution in [3.63, 3.8) is 0 Å². The second kappa shape index (κ2) is 4.01. The van der Waals surface area contributed by atoms with Gasteiger partial charge in [-0.2, -0.15) is 5.26 Å².